The normalized spacial score (nSPS) is 33.1. The minimum Gasteiger partial charge on any atom is -0.351 e. The van der Waals surface area contributed by atoms with E-state index in [1.54, 1.807) is 0 Å². The van der Waals surface area contributed by atoms with Gasteiger partial charge in [0.15, 0.2) is 0 Å². The second-order valence-electron chi connectivity index (χ2n) is 4.64. The van der Waals surface area contributed by atoms with Crippen molar-refractivity contribution in [3.05, 3.63) is 0 Å². The van der Waals surface area contributed by atoms with Crippen LogP contribution < -0.4 is 5.32 Å². The van der Waals surface area contributed by atoms with Crippen LogP contribution in [0, 0.1) is 11.8 Å². The van der Waals surface area contributed by atoms with Crippen LogP contribution in [0.2, 0.25) is 0 Å². The third-order valence-electron chi connectivity index (χ3n) is 3.14. The molecule has 0 unspecified atom stereocenters. The largest absolute Gasteiger partial charge is 0.351 e. The Morgan fingerprint density at radius 3 is 2.50 bits per heavy atom. The van der Waals surface area contributed by atoms with Gasteiger partial charge < -0.3 is 5.32 Å². The molecule has 0 bridgehead atoms. The van der Waals surface area contributed by atoms with Gasteiger partial charge in [-0.3, -0.25) is 4.79 Å². The highest BCUT2D eigenvalue weighted by molar-refractivity contribution is 5.73. The lowest BCUT2D eigenvalue weighted by atomic mass is 9.78. The Balaban J connectivity index is 2.43. The highest BCUT2D eigenvalue weighted by atomic mass is 19.1. The standard InChI is InChI=1S/C11H20FNO/c1-7(2)9-4-5-11(10(12)6-9)13-8(3)14/h7,9-11H,4-6H2,1-3H3,(H,13,14)/t9-,10-,11+/m0/s1. The van der Waals surface area contributed by atoms with Gasteiger partial charge in [-0.25, -0.2) is 4.39 Å². The molecule has 0 heterocycles. The van der Waals surface area contributed by atoms with Crippen molar-refractivity contribution < 1.29 is 9.18 Å². The topological polar surface area (TPSA) is 29.1 Å². The summed E-state index contributed by atoms with van der Waals surface area (Å²) in [4.78, 5) is 10.8. The summed E-state index contributed by atoms with van der Waals surface area (Å²) in [6.45, 7) is 5.72. The molecule has 0 aromatic rings. The number of nitrogens with one attached hydrogen (secondary N) is 1. The van der Waals surface area contributed by atoms with Crippen LogP contribution in [-0.4, -0.2) is 18.1 Å². The summed E-state index contributed by atoms with van der Waals surface area (Å²) in [6.07, 6.45) is 1.55. The molecule has 0 aromatic carbocycles. The molecule has 0 saturated heterocycles. The van der Waals surface area contributed by atoms with Gasteiger partial charge in [0.1, 0.15) is 6.17 Å². The first-order valence-corrected chi connectivity index (χ1v) is 5.42. The van der Waals surface area contributed by atoms with Gasteiger partial charge in [-0.1, -0.05) is 13.8 Å². The molecular formula is C11H20FNO. The fourth-order valence-electron chi connectivity index (χ4n) is 2.17. The zero-order valence-corrected chi connectivity index (χ0v) is 9.22. The van der Waals surface area contributed by atoms with E-state index in [2.05, 4.69) is 19.2 Å². The smallest absolute Gasteiger partial charge is 0.217 e. The molecule has 1 rings (SSSR count). The Hall–Kier alpha value is -0.600. The first kappa shape index (κ1) is 11.5. The maximum absolute atomic E-state index is 13.6. The van der Waals surface area contributed by atoms with E-state index in [9.17, 15) is 9.18 Å². The molecule has 0 aliphatic heterocycles. The lowest BCUT2D eigenvalue weighted by Gasteiger charge is -2.33. The van der Waals surface area contributed by atoms with Crippen molar-refractivity contribution in [2.45, 2.75) is 52.2 Å². The Kier molecular flexibility index (Phi) is 3.90. The van der Waals surface area contributed by atoms with Crippen molar-refractivity contribution in [1.29, 1.82) is 0 Å². The van der Waals surface area contributed by atoms with Gasteiger partial charge in [0.2, 0.25) is 5.91 Å². The monoisotopic (exact) mass is 201 g/mol. The van der Waals surface area contributed by atoms with Crippen LogP contribution >= 0.6 is 0 Å². The van der Waals surface area contributed by atoms with Gasteiger partial charge in [0, 0.05) is 6.92 Å². The molecule has 1 saturated carbocycles. The van der Waals surface area contributed by atoms with E-state index in [0.717, 1.165) is 12.8 Å². The molecule has 82 valence electrons. The lowest BCUT2D eigenvalue weighted by molar-refractivity contribution is -0.120. The number of alkyl halides is 1. The first-order chi connectivity index (χ1) is 6.50. The molecule has 0 aromatic heterocycles. The van der Waals surface area contributed by atoms with Crippen molar-refractivity contribution in [3.8, 4) is 0 Å². The summed E-state index contributed by atoms with van der Waals surface area (Å²) in [5.41, 5.74) is 0. The second kappa shape index (κ2) is 4.76. The molecule has 1 amide bonds. The molecule has 14 heavy (non-hydrogen) atoms. The Morgan fingerprint density at radius 1 is 1.43 bits per heavy atom. The summed E-state index contributed by atoms with van der Waals surface area (Å²) < 4.78 is 13.6. The summed E-state index contributed by atoms with van der Waals surface area (Å²) in [5, 5.41) is 2.68. The molecular weight excluding hydrogens is 181 g/mol. The molecule has 3 atom stereocenters. The van der Waals surface area contributed by atoms with Crippen molar-refractivity contribution in [1.82, 2.24) is 5.32 Å². The van der Waals surface area contributed by atoms with Crippen LogP contribution in [0.25, 0.3) is 0 Å². The van der Waals surface area contributed by atoms with Crippen LogP contribution in [-0.2, 0) is 4.79 Å². The minimum absolute atomic E-state index is 0.124. The number of carbonyl (C=O) groups excluding carboxylic acids is 1. The highest BCUT2D eigenvalue weighted by Gasteiger charge is 2.31. The number of rotatable bonds is 2. The van der Waals surface area contributed by atoms with Crippen LogP contribution in [0.5, 0.6) is 0 Å². The number of halogens is 1. The lowest BCUT2D eigenvalue weighted by Crippen LogP contribution is -2.44. The van der Waals surface area contributed by atoms with E-state index in [4.69, 9.17) is 0 Å². The van der Waals surface area contributed by atoms with Crippen molar-refractivity contribution >= 4 is 5.91 Å². The summed E-state index contributed by atoms with van der Waals surface area (Å²) in [5.74, 6) is 0.905. The number of amides is 1. The molecule has 1 N–H and O–H groups in total. The Bertz CT molecular complexity index is 205. The van der Waals surface area contributed by atoms with Gasteiger partial charge in [0.25, 0.3) is 0 Å². The van der Waals surface area contributed by atoms with E-state index in [-0.39, 0.29) is 11.9 Å². The fourth-order valence-corrected chi connectivity index (χ4v) is 2.17. The average Bonchev–Trinajstić information content (AvgIpc) is 2.07. The molecule has 1 fully saturated rings. The van der Waals surface area contributed by atoms with Gasteiger partial charge in [-0.15, -0.1) is 0 Å². The van der Waals surface area contributed by atoms with Crippen molar-refractivity contribution in [2.24, 2.45) is 11.8 Å². The van der Waals surface area contributed by atoms with Crippen LogP contribution in [0.15, 0.2) is 0 Å². The van der Waals surface area contributed by atoms with Crippen LogP contribution in [0.1, 0.15) is 40.0 Å². The van der Waals surface area contributed by atoms with Crippen LogP contribution in [0.3, 0.4) is 0 Å². The maximum Gasteiger partial charge on any atom is 0.217 e. The average molecular weight is 201 g/mol. The predicted octanol–water partition coefficient (Wildman–Crippen LogP) is 2.29. The Morgan fingerprint density at radius 2 is 2.07 bits per heavy atom. The predicted molar refractivity (Wildman–Crippen MR) is 54.7 cm³/mol. The third kappa shape index (κ3) is 2.96. The zero-order chi connectivity index (χ0) is 10.7. The van der Waals surface area contributed by atoms with Crippen molar-refractivity contribution in [2.75, 3.05) is 0 Å². The van der Waals surface area contributed by atoms with E-state index < -0.39 is 6.17 Å². The highest BCUT2D eigenvalue weighted by Crippen LogP contribution is 2.31. The maximum atomic E-state index is 13.6. The molecule has 2 nitrogen and oxygen atoms in total. The summed E-state index contributed by atoms with van der Waals surface area (Å²) in [7, 11) is 0. The summed E-state index contributed by atoms with van der Waals surface area (Å²) >= 11 is 0. The number of hydrogen-bond donors (Lipinski definition) is 1. The molecule has 1 aliphatic rings. The second-order valence-corrected chi connectivity index (χ2v) is 4.64. The van der Waals surface area contributed by atoms with E-state index in [1.807, 2.05) is 0 Å². The number of carbonyl (C=O) groups is 1. The van der Waals surface area contributed by atoms with E-state index in [1.165, 1.54) is 6.92 Å². The molecule has 3 heteroatoms. The first-order valence-electron chi connectivity index (χ1n) is 5.42. The van der Waals surface area contributed by atoms with E-state index in [0.29, 0.717) is 18.3 Å². The summed E-state index contributed by atoms with van der Waals surface area (Å²) in [6, 6.07) is -0.248. The van der Waals surface area contributed by atoms with Crippen molar-refractivity contribution in [3.63, 3.8) is 0 Å². The van der Waals surface area contributed by atoms with Gasteiger partial charge in [-0.2, -0.15) is 0 Å². The van der Waals surface area contributed by atoms with Gasteiger partial charge in [0.05, 0.1) is 6.04 Å². The SMILES string of the molecule is CC(=O)N[C@@H]1CC[C@H](C(C)C)C[C@@H]1F. The third-order valence-corrected chi connectivity index (χ3v) is 3.14. The molecule has 1 aliphatic carbocycles. The minimum atomic E-state index is -0.861. The van der Waals surface area contributed by atoms with Gasteiger partial charge in [-0.05, 0) is 31.1 Å². The Labute approximate surface area is 85.3 Å². The molecule has 0 radical (unpaired) electrons. The van der Waals surface area contributed by atoms with Crippen LogP contribution in [0.4, 0.5) is 4.39 Å². The quantitative estimate of drug-likeness (QED) is 0.729. The fraction of sp³-hybridized carbons (Fsp3) is 0.909. The number of hydrogen-bond acceptors (Lipinski definition) is 1. The zero-order valence-electron chi connectivity index (χ0n) is 9.22. The molecule has 0 spiro atoms. The van der Waals surface area contributed by atoms with Gasteiger partial charge >= 0.3 is 0 Å². The van der Waals surface area contributed by atoms with E-state index >= 15 is 0 Å².